The Labute approximate surface area is 87.9 Å². The molecule has 0 fully saturated rings. The zero-order valence-electron chi connectivity index (χ0n) is 7.72. The van der Waals surface area contributed by atoms with Crippen LogP contribution in [0.25, 0.3) is 0 Å². The number of halogens is 2. The first kappa shape index (κ1) is 11.9. The van der Waals surface area contributed by atoms with E-state index in [1.165, 1.54) is 6.07 Å². The fraction of sp³-hybridized carbons (Fsp3) is 0.250. The van der Waals surface area contributed by atoms with Crippen LogP contribution in [0.2, 0.25) is 0 Å². The van der Waals surface area contributed by atoms with Crippen molar-refractivity contribution in [2.75, 3.05) is 0 Å². The highest BCUT2D eigenvalue weighted by atomic mass is 19.3. The molecule has 0 aliphatic rings. The monoisotopic (exact) mass is 229 g/mol. The minimum atomic E-state index is -3.18. The number of aliphatic hydroxyl groups excluding tert-OH is 1. The van der Waals surface area contributed by atoms with Gasteiger partial charge in [0.15, 0.2) is 6.20 Å². The van der Waals surface area contributed by atoms with Crippen molar-refractivity contribution in [3.8, 4) is 6.07 Å². The number of aliphatic hydroxyl groups is 1. The Bertz CT molecular complexity index is 470. The summed E-state index contributed by atoms with van der Waals surface area (Å²) in [6.07, 6.45) is -2.39. The van der Waals surface area contributed by atoms with Gasteiger partial charge in [0.05, 0.1) is 6.61 Å². The van der Waals surface area contributed by atoms with Gasteiger partial charge in [0.1, 0.15) is 17.2 Å². The van der Waals surface area contributed by atoms with Crippen molar-refractivity contribution in [3.05, 3.63) is 33.0 Å². The van der Waals surface area contributed by atoms with Crippen LogP contribution in [0.15, 0.2) is 6.20 Å². The van der Waals surface area contributed by atoms with E-state index in [1.54, 1.807) is 0 Å². The standard InChI is InChI=1S/C8H5F2N3O3/c9-7(10)6-5(3-14)4(1-11)2-12-8(6)13(15)16/h2,7,14H,3H2. The summed E-state index contributed by atoms with van der Waals surface area (Å²) in [5, 5.41) is 27.9. The predicted molar refractivity (Wildman–Crippen MR) is 46.5 cm³/mol. The molecule has 0 aliphatic heterocycles. The molecule has 0 saturated carbocycles. The van der Waals surface area contributed by atoms with E-state index in [4.69, 9.17) is 10.4 Å². The molecule has 8 heteroatoms. The molecule has 0 amide bonds. The maximum absolute atomic E-state index is 12.6. The van der Waals surface area contributed by atoms with Gasteiger partial charge >= 0.3 is 5.82 Å². The average Bonchev–Trinajstić information content (AvgIpc) is 2.26. The number of nitro groups is 1. The molecule has 0 aliphatic carbocycles. The Balaban J connectivity index is 3.58. The van der Waals surface area contributed by atoms with Crippen LogP contribution in [0.1, 0.15) is 23.1 Å². The molecule has 0 atom stereocenters. The Hall–Kier alpha value is -2.14. The molecule has 1 rings (SSSR count). The molecule has 0 radical (unpaired) electrons. The van der Waals surface area contributed by atoms with Gasteiger partial charge in [-0.15, -0.1) is 0 Å². The summed E-state index contributed by atoms with van der Waals surface area (Å²) in [6, 6.07) is 1.53. The number of hydrogen-bond donors (Lipinski definition) is 1. The smallest absolute Gasteiger partial charge is 0.372 e. The second kappa shape index (κ2) is 4.59. The van der Waals surface area contributed by atoms with Crippen LogP contribution >= 0.6 is 0 Å². The molecular weight excluding hydrogens is 224 g/mol. The molecule has 1 heterocycles. The van der Waals surface area contributed by atoms with Crippen molar-refractivity contribution < 1.29 is 18.8 Å². The first-order valence-corrected chi connectivity index (χ1v) is 3.98. The highest BCUT2D eigenvalue weighted by molar-refractivity contribution is 5.48. The second-order valence-corrected chi connectivity index (χ2v) is 2.72. The van der Waals surface area contributed by atoms with Gasteiger partial charge in [0.2, 0.25) is 0 Å². The van der Waals surface area contributed by atoms with Crippen LogP contribution in [0.5, 0.6) is 0 Å². The fourth-order valence-corrected chi connectivity index (χ4v) is 1.19. The summed E-state index contributed by atoms with van der Waals surface area (Å²) < 4.78 is 25.2. The zero-order chi connectivity index (χ0) is 12.3. The van der Waals surface area contributed by atoms with Gasteiger partial charge in [-0.05, 0) is 9.91 Å². The van der Waals surface area contributed by atoms with E-state index >= 15 is 0 Å². The molecule has 0 saturated heterocycles. The van der Waals surface area contributed by atoms with Crippen LogP contribution in [-0.4, -0.2) is 15.0 Å². The Morgan fingerprint density at radius 2 is 2.31 bits per heavy atom. The lowest BCUT2D eigenvalue weighted by Crippen LogP contribution is -2.06. The number of nitriles is 1. The lowest BCUT2D eigenvalue weighted by molar-refractivity contribution is -0.391. The van der Waals surface area contributed by atoms with Crippen molar-refractivity contribution in [1.82, 2.24) is 4.98 Å². The van der Waals surface area contributed by atoms with E-state index in [0.29, 0.717) is 0 Å². The van der Waals surface area contributed by atoms with Gasteiger partial charge in [-0.3, -0.25) is 0 Å². The maximum Gasteiger partial charge on any atom is 0.372 e. The molecule has 1 aromatic rings. The lowest BCUT2D eigenvalue weighted by Gasteiger charge is -2.07. The molecule has 0 unspecified atom stereocenters. The molecule has 0 bridgehead atoms. The first-order valence-electron chi connectivity index (χ1n) is 3.98. The summed E-state index contributed by atoms with van der Waals surface area (Å²) in [7, 11) is 0. The molecule has 6 nitrogen and oxygen atoms in total. The van der Waals surface area contributed by atoms with E-state index in [9.17, 15) is 18.9 Å². The molecule has 0 aromatic carbocycles. The third-order valence-electron chi connectivity index (χ3n) is 1.88. The van der Waals surface area contributed by atoms with Crippen LogP contribution < -0.4 is 0 Å². The number of pyridine rings is 1. The van der Waals surface area contributed by atoms with Crippen LogP contribution in [-0.2, 0) is 6.61 Å². The average molecular weight is 229 g/mol. The van der Waals surface area contributed by atoms with E-state index in [1.807, 2.05) is 0 Å². The van der Waals surface area contributed by atoms with Crippen molar-refractivity contribution in [1.29, 1.82) is 5.26 Å². The summed E-state index contributed by atoms with van der Waals surface area (Å²) in [5.74, 6) is -1.04. The van der Waals surface area contributed by atoms with Gasteiger partial charge in [-0.1, -0.05) is 0 Å². The predicted octanol–water partition coefficient (Wildman–Crippen LogP) is 1.29. The number of hydrogen-bond acceptors (Lipinski definition) is 5. The summed E-state index contributed by atoms with van der Waals surface area (Å²) in [4.78, 5) is 12.5. The van der Waals surface area contributed by atoms with Gasteiger partial charge in [-0.2, -0.15) is 5.26 Å². The van der Waals surface area contributed by atoms with Crippen molar-refractivity contribution in [3.63, 3.8) is 0 Å². The highest BCUT2D eigenvalue weighted by Crippen LogP contribution is 2.31. The summed E-state index contributed by atoms with van der Waals surface area (Å²) >= 11 is 0. The van der Waals surface area contributed by atoms with E-state index < -0.39 is 34.9 Å². The van der Waals surface area contributed by atoms with E-state index in [2.05, 4.69) is 4.98 Å². The van der Waals surface area contributed by atoms with Crippen LogP contribution in [0.3, 0.4) is 0 Å². The number of rotatable bonds is 3. The maximum atomic E-state index is 12.6. The molecule has 1 aromatic heterocycles. The second-order valence-electron chi connectivity index (χ2n) is 2.72. The summed E-state index contributed by atoms with van der Waals surface area (Å²) in [5.41, 5.74) is -1.77. The normalized spacial score (nSPS) is 10.2. The van der Waals surface area contributed by atoms with Crippen LogP contribution in [0, 0.1) is 21.4 Å². The molecular formula is C8H5F2N3O3. The lowest BCUT2D eigenvalue weighted by atomic mass is 10.1. The fourth-order valence-electron chi connectivity index (χ4n) is 1.19. The Kier molecular flexibility index (Phi) is 3.42. The topological polar surface area (TPSA) is 100 Å². The minimum absolute atomic E-state index is 0.302. The van der Waals surface area contributed by atoms with Crippen LogP contribution in [0.4, 0.5) is 14.6 Å². The van der Waals surface area contributed by atoms with Gasteiger partial charge in [0.25, 0.3) is 6.43 Å². The van der Waals surface area contributed by atoms with E-state index in [-0.39, 0.29) is 5.56 Å². The molecule has 1 N–H and O–H groups in total. The molecule has 16 heavy (non-hydrogen) atoms. The number of alkyl halides is 2. The van der Waals surface area contributed by atoms with Crippen molar-refractivity contribution in [2.45, 2.75) is 13.0 Å². The van der Waals surface area contributed by atoms with Crippen molar-refractivity contribution >= 4 is 5.82 Å². The molecule has 0 spiro atoms. The largest absolute Gasteiger partial charge is 0.392 e. The van der Waals surface area contributed by atoms with Gasteiger partial charge in [0, 0.05) is 5.56 Å². The van der Waals surface area contributed by atoms with E-state index in [0.717, 1.165) is 6.20 Å². The first-order chi connectivity index (χ1) is 7.52. The highest BCUT2D eigenvalue weighted by Gasteiger charge is 2.29. The third kappa shape index (κ3) is 1.94. The zero-order valence-corrected chi connectivity index (χ0v) is 7.72. The Morgan fingerprint density at radius 3 is 2.69 bits per heavy atom. The van der Waals surface area contributed by atoms with Gasteiger partial charge < -0.3 is 15.2 Å². The quantitative estimate of drug-likeness (QED) is 0.621. The Morgan fingerprint density at radius 1 is 1.69 bits per heavy atom. The minimum Gasteiger partial charge on any atom is -0.392 e. The molecule has 84 valence electrons. The number of nitrogens with zero attached hydrogens (tertiary/aromatic N) is 3. The number of aromatic nitrogens is 1. The third-order valence-corrected chi connectivity index (χ3v) is 1.88. The van der Waals surface area contributed by atoms with Crippen molar-refractivity contribution in [2.24, 2.45) is 0 Å². The summed E-state index contributed by atoms with van der Waals surface area (Å²) in [6.45, 7) is -0.883. The van der Waals surface area contributed by atoms with Gasteiger partial charge in [-0.25, -0.2) is 8.78 Å². The SMILES string of the molecule is N#Cc1cnc([N+](=O)[O-])c(C(F)F)c1CO.